The Labute approximate surface area is 189 Å². The minimum absolute atomic E-state index is 0.141. The zero-order valence-electron chi connectivity index (χ0n) is 16.7. The molecule has 1 saturated heterocycles. The smallest absolute Gasteiger partial charge is 0.289 e. The average molecular weight is 463 g/mol. The van der Waals surface area contributed by atoms with Gasteiger partial charge in [-0.3, -0.25) is 9.69 Å². The van der Waals surface area contributed by atoms with Gasteiger partial charge in [-0.2, -0.15) is 0 Å². The highest BCUT2D eigenvalue weighted by Gasteiger charge is 2.24. The number of halogens is 3. The van der Waals surface area contributed by atoms with Gasteiger partial charge in [0.15, 0.2) is 5.76 Å². The molecule has 2 heterocycles. The second kappa shape index (κ2) is 9.73. The highest BCUT2D eigenvalue weighted by Crippen LogP contribution is 2.28. The Morgan fingerprint density at radius 1 is 1.00 bits per heavy atom. The molecule has 0 aliphatic carbocycles. The number of piperazine rings is 1. The van der Waals surface area contributed by atoms with Gasteiger partial charge in [-0.05, 0) is 48.0 Å². The lowest BCUT2D eigenvalue weighted by atomic mass is 10.2. The van der Waals surface area contributed by atoms with E-state index in [1.165, 1.54) is 12.1 Å². The molecule has 3 aromatic rings. The Balaban J connectivity index is 1.28. The highest BCUT2D eigenvalue weighted by molar-refractivity contribution is 6.35. The van der Waals surface area contributed by atoms with Gasteiger partial charge in [0.25, 0.3) is 5.91 Å². The summed E-state index contributed by atoms with van der Waals surface area (Å²) in [5.41, 5.74) is 1.05. The Kier molecular flexibility index (Phi) is 6.80. The summed E-state index contributed by atoms with van der Waals surface area (Å²) in [4.78, 5) is 16.8. The van der Waals surface area contributed by atoms with Crippen LogP contribution < -0.4 is 4.74 Å². The van der Waals surface area contributed by atoms with Crippen molar-refractivity contribution in [1.29, 1.82) is 0 Å². The van der Waals surface area contributed by atoms with Crippen molar-refractivity contribution in [3.8, 4) is 5.75 Å². The highest BCUT2D eigenvalue weighted by atomic mass is 35.5. The van der Waals surface area contributed by atoms with Crippen molar-refractivity contribution in [2.75, 3.05) is 26.2 Å². The normalized spacial score (nSPS) is 14.6. The summed E-state index contributed by atoms with van der Waals surface area (Å²) >= 11 is 12.0. The van der Waals surface area contributed by atoms with E-state index in [9.17, 15) is 9.18 Å². The topological polar surface area (TPSA) is 45.9 Å². The third-order valence-corrected chi connectivity index (χ3v) is 5.65. The number of hydrogen-bond donors (Lipinski definition) is 0. The lowest BCUT2D eigenvalue weighted by molar-refractivity contribution is 0.0594. The van der Waals surface area contributed by atoms with Crippen molar-refractivity contribution in [2.24, 2.45) is 0 Å². The Morgan fingerprint density at radius 2 is 1.74 bits per heavy atom. The molecule has 0 atom stereocenters. The number of ether oxygens (including phenoxy) is 1. The van der Waals surface area contributed by atoms with Gasteiger partial charge in [-0.15, -0.1) is 0 Å². The summed E-state index contributed by atoms with van der Waals surface area (Å²) in [7, 11) is 0. The number of carbonyl (C=O) groups excluding carboxylic acids is 1. The molecule has 1 aliphatic rings. The average Bonchev–Trinajstić information content (AvgIpc) is 3.24. The van der Waals surface area contributed by atoms with Crippen LogP contribution in [0.5, 0.6) is 5.75 Å². The standard InChI is InChI=1S/C23H21Cl2FN2O3/c24-17-3-7-21(20(25)13-17)30-15-19-6-8-22(31-19)23(29)28-11-9-27(10-12-28)14-16-1-4-18(26)5-2-16/h1-8,13H,9-12,14-15H2. The predicted octanol–water partition coefficient (Wildman–Crippen LogP) is 5.26. The second-order valence-electron chi connectivity index (χ2n) is 7.32. The van der Waals surface area contributed by atoms with Gasteiger partial charge in [-0.25, -0.2) is 4.39 Å². The van der Waals surface area contributed by atoms with Crippen LogP contribution in [0.1, 0.15) is 21.9 Å². The molecule has 0 unspecified atom stereocenters. The van der Waals surface area contributed by atoms with Crippen molar-refractivity contribution in [3.63, 3.8) is 0 Å². The molecule has 0 saturated carbocycles. The summed E-state index contributed by atoms with van der Waals surface area (Å²) in [6.45, 7) is 3.58. The van der Waals surface area contributed by atoms with E-state index in [2.05, 4.69) is 4.90 Å². The Hall–Kier alpha value is -2.54. The first-order valence-corrected chi connectivity index (χ1v) is 10.7. The number of amides is 1. The summed E-state index contributed by atoms with van der Waals surface area (Å²) in [5.74, 6) is 0.931. The van der Waals surface area contributed by atoms with Crippen molar-refractivity contribution in [1.82, 2.24) is 9.80 Å². The monoisotopic (exact) mass is 462 g/mol. The fourth-order valence-electron chi connectivity index (χ4n) is 3.42. The zero-order valence-corrected chi connectivity index (χ0v) is 18.2. The molecule has 8 heteroatoms. The first-order valence-electron chi connectivity index (χ1n) is 9.90. The van der Waals surface area contributed by atoms with Gasteiger partial charge < -0.3 is 14.1 Å². The third-order valence-electron chi connectivity index (χ3n) is 5.12. The van der Waals surface area contributed by atoms with Crippen molar-refractivity contribution in [3.05, 3.63) is 87.5 Å². The van der Waals surface area contributed by atoms with Crippen molar-refractivity contribution in [2.45, 2.75) is 13.2 Å². The zero-order chi connectivity index (χ0) is 21.8. The summed E-state index contributed by atoms with van der Waals surface area (Å²) in [6.07, 6.45) is 0. The molecule has 4 rings (SSSR count). The molecule has 1 aromatic heterocycles. The first kappa shape index (κ1) is 21.7. The molecular weight excluding hydrogens is 442 g/mol. The Bertz CT molecular complexity index is 1050. The van der Waals surface area contributed by atoms with Crippen LogP contribution in [0, 0.1) is 5.82 Å². The minimum Gasteiger partial charge on any atom is -0.484 e. The molecule has 2 aromatic carbocycles. The number of furan rings is 1. The maximum absolute atomic E-state index is 13.1. The lowest BCUT2D eigenvalue weighted by Gasteiger charge is -2.34. The lowest BCUT2D eigenvalue weighted by Crippen LogP contribution is -2.48. The fraction of sp³-hybridized carbons (Fsp3) is 0.261. The summed E-state index contributed by atoms with van der Waals surface area (Å²) in [6, 6.07) is 14.9. The van der Waals surface area contributed by atoms with Crippen LogP contribution in [-0.4, -0.2) is 41.9 Å². The molecule has 0 radical (unpaired) electrons. The van der Waals surface area contributed by atoms with Crippen LogP contribution in [0.3, 0.4) is 0 Å². The third kappa shape index (κ3) is 5.58. The van der Waals surface area contributed by atoms with Crippen LogP contribution in [0.4, 0.5) is 4.39 Å². The molecule has 31 heavy (non-hydrogen) atoms. The first-order chi connectivity index (χ1) is 15.0. The summed E-state index contributed by atoms with van der Waals surface area (Å²) < 4.78 is 24.4. The van der Waals surface area contributed by atoms with Crippen molar-refractivity contribution >= 4 is 29.1 Å². The molecular formula is C23H21Cl2FN2O3. The van der Waals surface area contributed by atoms with Crippen LogP contribution in [0.25, 0.3) is 0 Å². The molecule has 1 fully saturated rings. The molecule has 1 aliphatic heterocycles. The van der Waals surface area contributed by atoms with Gasteiger partial charge in [0, 0.05) is 37.7 Å². The number of rotatable bonds is 6. The van der Waals surface area contributed by atoms with Crippen LogP contribution in [0.15, 0.2) is 59.0 Å². The fourth-order valence-corrected chi connectivity index (χ4v) is 3.89. The molecule has 1 amide bonds. The van der Waals surface area contributed by atoms with E-state index in [0.717, 1.165) is 25.2 Å². The van der Waals surface area contributed by atoms with E-state index < -0.39 is 0 Å². The maximum Gasteiger partial charge on any atom is 0.289 e. The van der Waals surface area contributed by atoms with Crippen LogP contribution in [0.2, 0.25) is 10.0 Å². The van der Waals surface area contributed by atoms with Gasteiger partial charge in [0.05, 0.1) is 5.02 Å². The van der Waals surface area contributed by atoms with E-state index in [0.29, 0.717) is 34.6 Å². The van der Waals surface area contributed by atoms with E-state index in [4.69, 9.17) is 32.4 Å². The van der Waals surface area contributed by atoms with Gasteiger partial charge in [-0.1, -0.05) is 35.3 Å². The number of nitrogens with zero attached hydrogens (tertiary/aromatic N) is 2. The van der Waals surface area contributed by atoms with Gasteiger partial charge in [0.1, 0.15) is 23.9 Å². The van der Waals surface area contributed by atoms with E-state index in [1.807, 2.05) is 0 Å². The predicted molar refractivity (Wildman–Crippen MR) is 117 cm³/mol. The van der Waals surface area contributed by atoms with E-state index in [-0.39, 0.29) is 24.1 Å². The molecule has 0 N–H and O–H groups in total. The summed E-state index contributed by atoms with van der Waals surface area (Å²) in [5, 5.41) is 0.940. The largest absolute Gasteiger partial charge is 0.484 e. The number of carbonyl (C=O) groups is 1. The molecule has 0 bridgehead atoms. The Morgan fingerprint density at radius 3 is 2.45 bits per heavy atom. The minimum atomic E-state index is -0.237. The second-order valence-corrected chi connectivity index (χ2v) is 8.17. The van der Waals surface area contributed by atoms with E-state index in [1.54, 1.807) is 47.4 Å². The molecule has 162 valence electrons. The van der Waals surface area contributed by atoms with E-state index >= 15 is 0 Å². The van der Waals surface area contributed by atoms with Crippen molar-refractivity contribution < 1.29 is 18.3 Å². The SMILES string of the molecule is O=C(c1ccc(COc2ccc(Cl)cc2Cl)o1)N1CCN(Cc2ccc(F)cc2)CC1. The quantitative estimate of drug-likeness (QED) is 0.500. The van der Waals surface area contributed by atoms with Gasteiger partial charge in [0.2, 0.25) is 0 Å². The number of benzene rings is 2. The van der Waals surface area contributed by atoms with Crippen LogP contribution in [-0.2, 0) is 13.2 Å². The molecule has 0 spiro atoms. The van der Waals surface area contributed by atoms with Crippen LogP contribution >= 0.6 is 23.2 Å². The number of hydrogen-bond acceptors (Lipinski definition) is 4. The van der Waals surface area contributed by atoms with Gasteiger partial charge >= 0.3 is 0 Å². The maximum atomic E-state index is 13.1. The molecule has 5 nitrogen and oxygen atoms in total.